The number of amidine groups is 1. The van der Waals surface area contributed by atoms with Gasteiger partial charge in [-0.05, 0) is 70.8 Å². The van der Waals surface area contributed by atoms with Crippen LogP contribution in [-0.2, 0) is 0 Å². The van der Waals surface area contributed by atoms with Crippen LogP contribution < -0.4 is 5.32 Å². The quantitative estimate of drug-likeness (QED) is 0.231. The molecule has 208 valence electrons. The number of aliphatic imine (C=N–C) groups is 1. The van der Waals surface area contributed by atoms with Crippen molar-refractivity contribution in [2.45, 2.75) is 6.04 Å². The first-order valence-electron chi connectivity index (χ1n) is 14.8. The van der Waals surface area contributed by atoms with Crippen LogP contribution in [0.1, 0.15) is 22.7 Å². The van der Waals surface area contributed by atoms with Crippen molar-refractivity contribution in [3.63, 3.8) is 0 Å². The Morgan fingerprint density at radius 3 is 1.86 bits per heavy atom. The fourth-order valence-electron chi connectivity index (χ4n) is 6.30. The number of nitrogens with one attached hydrogen (secondary N) is 1. The molecule has 0 saturated heterocycles. The van der Waals surface area contributed by atoms with Crippen molar-refractivity contribution in [2.24, 2.45) is 4.99 Å². The van der Waals surface area contributed by atoms with E-state index in [0.717, 1.165) is 77.7 Å². The van der Waals surface area contributed by atoms with Crippen LogP contribution in [0.15, 0.2) is 159 Å². The molecule has 0 radical (unpaired) electrons. The molecule has 0 bridgehead atoms. The van der Waals surface area contributed by atoms with Gasteiger partial charge < -0.3 is 14.2 Å². The summed E-state index contributed by atoms with van der Waals surface area (Å²) in [5.74, 6) is 0.823. The average Bonchev–Trinajstić information content (AvgIpc) is 3.66. The zero-order chi connectivity index (χ0) is 29.0. The summed E-state index contributed by atoms with van der Waals surface area (Å²) in [6.07, 6.45) is 2.19. The van der Waals surface area contributed by atoms with Crippen molar-refractivity contribution in [1.29, 1.82) is 0 Å². The molecule has 4 nitrogen and oxygen atoms in total. The second kappa shape index (κ2) is 9.85. The summed E-state index contributed by atoms with van der Waals surface area (Å²) in [5.41, 5.74) is 9.93. The minimum absolute atomic E-state index is 0.00230. The molecule has 4 heteroatoms. The highest BCUT2D eigenvalue weighted by atomic mass is 16.3. The van der Waals surface area contributed by atoms with Crippen LogP contribution in [0.3, 0.4) is 0 Å². The van der Waals surface area contributed by atoms with E-state index in [4.69, 9.17) is 13.8 Å². The number of hydrogen-bond acceptors (Lipinski definition) is 4. The lowest BCUT2D eigenvalue weighted by Gasteiger charge is -2.24. The van der Waals surface area contributed by atoms with Gasteiger partial charge in [-0.15, -0.1) is 0 Å². The number of nitrogens with zero attached hydrogens (tertiary/aromatic N) is 1. The number of hydrogen-bond donors (Lipinski definition) is 1. The number of benzene rings is 6. The lowest BCUT2D eigenvalue weighted by Crippen LogP contribution is -2.31. The minimum atomic E-state index is -0.00230. The molecule has 1 atom stereocenters. The fourth-order valence-corrected chi connectivity index (χ4v) is 6.30. The van der Waals surface area contributed by atoms with Crippen molar-refractivity contribution >= 4 is 55.4 Å². The molecule has 1 aliphatic rings. The Morgan fingerprint density at radius 1 is 0.455 bits per heavy atom. The van der Waals surface area contributed by atoms with Crippen molar-refractivity contribution in [3.05, 3.63) is 162 Å². The van der Waals surface area contributed by atoms with Crippen LogP contribution in [0.25, 0.3) is 60.7 Å². The molecule has 0 amide bonds. The maximum absolute atomic E-state index is 6.50. The lowest BCUT2D eigenvalue weighted by atomic mass is 10.00. The van der Waals surface area contributed by atoms with E-state index in [1.54, 1.807) is 0 Å². The molecule has 8 aromatic rings. The van der Waals surface area contributed by atoms with Gasteiger partial charge in [0.2, 0.25) is 0 Å². The molecule has 1 aliphatic heterocycles. The first kappa shape index (κ1) is 24.7. The zero-order valence-corrected chi connectivity index (χ0v) is 23.7. The third kappa shape index (κ3) is 4.11. The summed E-state index contributed by atoms with van der Waals surface area (Å²) in [5, 5.41) is 8.08. The normalized spacial score (nSPS) is 15.0. The van der Waals surface area contributed by atoms with E-state index in [-0.39, 0.29) is 6.04 Å². The second-order valence-corrected chi connectivity index (χ2v) is 11.2. The first-order chi connectivity index (χ1) is 21.8. The van der Waals surface area contributed by atoms with Gasteiger partial charge in [0, 0.05) is 27.1 Å². The summed E-state index contributed by atoms with van der Waals surface area (Å²) >= 11 is 0. The highest BCUT2D eigenvalue weighted by Gasteiger charge is 2.21. The van der Waals surface area contributed by atoms with Gasteiger partial charge in [-0.3, -0.25) is 0 Å². The van der Waals surface area contributed by atoms with Crippen LogP contribution in [0, 0.1) is 0 Å². The molecule has 0 aliphatic carbocycles. The highest BCUT2D eigenvalue weighted by molar-refractivity contribution is 6.11. The molecule has 3 heterocycles. The van der Waals surface area contributed by atoms with Crippen molar-refractivity contribution in [1.82, 2.24) is 5.32 Å². The summed E-state index contributed by atoms with van der Waals surface area (Å²) in [4.78, 5) is 5.07. The first-order valence-corrected chi connectivity index (χ1v) is 14.8. The van der Waals surface area contributed by atoms with E-state index in [9.17, 15) is 0 Å². The predicted molar refractivity (Wildman–Crippen MR) is 180 cm³/mol. The molecule has 0 saturated carbocycles. The summed E-state index contributed by atoms with van der Waals surface area (Å²) < 4.78 is 12.5. The second-order valence-electron chi connectivity index (χ2n) is 11.2. The van der Waals surface area contributed by atoms with E-state index >= 15 is 0 Å². The predicted octanol–water partition coefficient (Wildman–Crippen LogP) is 10.3. The van der Waals surface area contributed by atoms with Crippen molar-refractivity contribution < 1.29 is 8.83 Å². The monoisotopic (exact) mass is 566 g/mol. The molecule has 1 unspecified atom stereocenters. The third-order valence-electron chi connectivity index (χ3n) is 8.53. The summed E-state index contributed by atoms with van der Waals surface area (Å²) in [7, 11) is 0. The molecule has 1 N–H and O–H groups in total. The Balaban J connectivity index is 1.11. The largest absolute Gasteiger partial charge is 0.456 e. The minimum Gasteiger partial charge on any atom is -0.456 e. The van der Waals surface area contributed by atoms with Gasteiger partial charge in [0.05, 0.1) is 11.7 Å². The number of rotatable bonds is 4. The van der Waals surface area contributed by atoms with E-state index < -0.39 is 0 Å². The van der Waals surface area contributed by atoms with E-state index in [1.165, 1.54) is 5.56 Å². The van der Waals surface area contributed by atoms with Crippen molar-refractivity contribution in [3.8, 4) is 11.1 Å². The van der Waals surface area contributed by atoms with E-state index in [0.29, 0.717) is 0 Å². The molecule has 0 spiro atoms. The summed E-state index contributed by atoms with van der Waals surface area (Å²) in [6, 6.07) is 48.2. The molecular weight excluding hydrogens is 540 g/mol. The molecule has 6 aromatic carbocycles. The fraction of sp³-hybridized carbons (Fsp3) is 0.0250. The van der Waals surface area contributed by atoms with E-state index in [1.807, 2.05) is 30.3 Å². The SMILES string of the molecule is C1=C(c2ccccc2)N=C(c2ccc3c(c2)oc2cc(-c4ccc5oc6ccccc6c5c4)ccc23)NC1c1ccccc1. The van der Waals surface area contributed by atoms with Gasteiger partial charge in [0.15, 0.2) is 0 Å². The Morgan fingerprint density at radius 2 is 1.05 bits per heavy atom. The Labute approximate surface area is 253 Å². The van der Waals surface area contributed by atoms with Crippen LogP contribution in [0.5, 0.6) is 0 Å². The smallest absolute Gasteiger partial charge is 0.136 e. The van der Waals surface area contributed by atoms with Gasteiger partial charge in [-0.1, -0.05) is 97.1 Å². The topological polar surface area (TPSA) is 50.7 Å². The summed E-state index contributed by atoms with van der Waals surface area (Å²) in [6.45, 7) is 0. The molecular formula is C40H26N2O2. The molecule has 2 aromatic heterocycles. The molecule has 0 fully saturated rings. The maximum atomic E-state index is 6.50. The number of fused-ring (bicyclic) bond motifs is 6. The zero-order valence-electron chi connectivity index (χ0n) is 23.7. The molecule has 9 rings (SSSR count). The number of para-hydroxylation sites is 1. The van der Waals surface area contributed by atoms with Gasteiger partial charge in [-0.2, -0.15) is 0 Å². The molecule has 44 heavy (non-hydrogen) atoms. The Bertz CT molecular complexity index is 2410. The Hall–Kier alpha value is -5.87. The average molecular weight is 567 g/mol. The lowest BCUT2D eigenvalue weighted by molar-refractivity contribution is 0.669. The Kier molecular flexibility index (Phi) is 5.53. The van der Waals surface area contributed by atoms with Crippen molar-refractivity contribution in [2.75, 3.05) is 0 Å². The van der Waals surface area contributed by atoms with Gasteiger partial charge in [-0.25, -0.2) is 4.99 Å². The standard InChI is InChI=1S/C40H26N2O2/c1-3-9-25(10-4-1)34-24-35(26-11-5-2-6-12-26)42-40(41-34)29-16-19-32-31-18-15-28(22-38(31)44-39(32)23-29)27-17-20-37-33(21-27)30-13-7-8-14-36(30)43-37/h1-24,34H,(H,41,42). The van der Waals surface area contributed by atoms with Crippen LogP contribution >= 0.6 is 0 Å². The van der Waals surface area contributed by atoms with Crippen LogP contribution in [0.4, 0.5) is 0 Å². The number of furan rings is 2. The van der Waals surface area contributed by atoms with Crippen LogP contribution in [0.2, 0.25) is 0 Å². The highest BCUT2D eigenvalue weighted by Crippen LogP contribution is 2.36. The van der Waals surface area contributed by atoms with E-state index in [2.05, 4.69) is 121 Å². The van der Waals surface area contributed by atoms with Gasteiger partial charge in [0.1, 0.15) is 28.2 Å². The van der Waals surface area contributed by atoms with Crippen LogP contribution in [-0.4, -0.2) is 5.84 Å². The third-order valence-corrected chi connectivity index (χ3v) is 8.53. The van der Waals surface area contributed by atoms with Gasteiger partial charge >= 0.3 is 0 Å². The van der Waals surface area contributed by atoms with Gasteiger partial charge in [0.25, 0.3) is 0 Å². The maximum Gasteiger partial charge on any atom is 0.136 e.